The third-order valence-corrected chi connectivity index (χ3v) is 3.37. The van der Waals surface area contributed by atoms with Crippen molar-refractivity contribution in [2.45, 2.75) is 26.7 Å². The first kappa shape index (κ1) is 15.8. The van der Waals surface area contributed by atoms with Crippen LogP contribution in [0.2, 0.25) is 0 Å². The van der Waals surface area contributed by atoms with E-state index < -0.39 is 0 Å². The number of hydrogen-bond donors (Lipinski definition) is 2. The van der Waals surface area contributed by atoms with Crippen molar-refractivity contribution in [1.82, 2.24) is 0 Å². The van der Waals surface area contributed by atoms with E-state index in [0.29, 0.717) is 17.7 Å². The van der Waals surface area contributed by atoms with Gasteiger partial charge in [0.15, 0.2) is 0 Å². The molecule has 0 saturated heterocycles. The Kier molecular flexibility index (Phi) is 5.31. The highest BCUT2D eigenvalue weighted by Crippen LogP contribution is 2.15. The Morgan fingerprint density at radius 3 is 1.86 bits per heavy atom. The molecule has 4 nitrogen and oxygen atoms in total. The zero-order valence-electron chi connectivity index (χ0n) is 12.8. The third kappa shape index (κ3) is 4.19. The monoisotopic (exact) mass is 296 g/mol. The molecule has 0 aliphatic carbocycles. The molecule has 0 bridgehead atoms. The lowest BCUT2D eigenvalue weighted by Crippen LogP contribution is -2.12. The number of rotatable bonds is 5. The average molecular weight is 296 g/mol. The molecule has 0 aliphatic rings. The largest absolute Gasteiger partial charge is 0.326 e. The first-order valence-electron chi connectivity index (χ1n) is 7.42. The Balaban J connectivity index is 2.00. The fourth-order valence-electron chi connectivity index (χ4n) is 1.98. The zero-order valence-corrected chi connectivity index (χ0v) is 12.8. The van der Waals surface area contributed by atoms with Crippen LogP contribution in [0.25, 0.3) is 0 Å². The van der Waals surface area contributed by atoms with Crippen molar-refractivity contribution in [2.24, 2.45) is 0 Å². The van der Waals surface area contributed by atoms with Crippen LogP contribution in [0.4, 0.5) is 11.4 Å². The van der Waals surface area contributed by atoms with Crippen LogP contribution in [0.3, 0.4) is 0 Å². The first-order valence-corrected chi connectivity index (χ1v) is 7.42. The summed E-state index contributed by atoms with van der Waals surface area (Å²) in [5.41, 5.74) is 3.24. The molecule has 0 saturated carbocycles. The van der Waals surface area contributed by atoms with Crippen LogP contribution in [0, 0.1) is 0 Å². The molecule has 4 heteroatoms. The first-order chi connectivity index (χ1) is 10.6. The van der Waals surface area contributed by atoms with Crippen molar-refractivity contribution >= 4 is 23.2 Å². The van der Waals surface area contributed by atoms with Crippen molar-refractivity contribution in [2.75, 3.05) is 10.6 Å². The molecule has 0 fully saturated rings. The number of carbonyl (C=O) groups is 2. The van der Waals surface area contributed by atoms with Gasteiger partial charge in [0.05, 0.1) is 0 Å². The van der Waals surface area contributed by atoms with Gasteiger partial charge >= 0.3 is 0 Å². The average Bonchev–Trinajstić information content (AvgIpc) is 2.56. The fourth-order valence-corrected chi connectivity index (χ4v) is 1.98. The fraction of sp³-hybridized carbons (Fsp3) is 0.222. The van der Waals surface area contributed by atoms with Gasteiger partial charge in [-0.05, 0) is 48.4 Å². The number of carbonyl (C=O) groups excluding carboxylic acids is 2. The van der Waals surface area contributed by atoms with E-state index in [0.717, 1.165) is 12.1 Å². The Bertz CT molecular complexity index is 646. The van der Waals surface area contributed by atoms with Crippen LogP contribution in [0.15, 0.2) is 48.5 Å². The van der Waals surface area contributed by atoms with Gasteiger partial charge in [-0.25, -0.2) is 0 Å². The van der Waals surface area contributed by atoms with E-state index in [1.807, 2.05) is 24.3 Å². The van der Waals surface area contributed by atoms with Gasteiger partial charge in [-0.1, -0.05) is 26.0 Å². The summed E-state index contributed by atoms with van der Waals surface area (Å²) in [6, 6.07) is 14.6. The van der Waals surface area contributed by atoms with Crippen LogP contribution in [0.1, 0.15) is 36.2 Å². The predicted octanol–water partition coefficient (Wildman–Crippen LogP) is 3.85. The van der Waals surface area contributed by atoms with Gasteiger partial charge in [-0.3, -0.25) is 9.59 Å². The van der Waals surface area contributed by atoms with E-state index in [1.165, 1.54) is 5.56 Å². The quantitative estimate of drug-likeness (QED) is 0.880. The number of amides is 2. The van der Waals surface area contributed by atoms with Crippen LogP contribution in [-0.4, -0.2) is 11.8 Å². The smallest absolute Gasteiger partial charge is 0.255 e. The number of hydrogen-bond acceptors (Lipinski definition) is 2. The van der Waals surface area contributed by atoms with E-state index in [9.17, 15) is 9.59 Å². The standard InChI is InChI=1S/C18H20N2O2/c1-3-13-5-7-14(8-6-13)18(22)20-16-11-9-15(10-12-16)19-17(21)4-2/h5-12H,3-4H2,1-2H3,(H,19,21)(H,20,22). The van der Waals surface area contributed by atoms with E-state index in [2.05, 4.69) is 17.6 Å². The van der Waals surface area contributed by atoms with Gasteiger partial charge in [-0.15, -0.1) is 0 Å². The molecule has 2 aromatic rings. The Labute approximate surface area is 130 Å². The molecule has 2 aromatic carbocycles. The van der Waals surface area contributed by atoms with Crippen molar-refractivity contribution < 1.29 is 9.59 Å². The van der Waals surface area contributed by atoms with E-state index >= 15 is 0 Å². The van der Waals surface area contributed by atoms with Crippen molar-refractivity contribution in [1.29, 1.82) is 0 Å². The second kappa shape index (κ2) is 7.41. The highest BCUT2D eigenvalue weighted by atomic mass is 16.2. The predicted molar refractivity (Wildman–Crippen MR) is 89.1 cm³/mol. The molecule has 0 aromatic heterocycles. The second-order valence-electron chi connectivity index (χ2n) is 4.98. The van der Waals surface area contributed by atoms with Crippen LogP contribution in [-0.2, 0) is 11.2 Å². The summed E-state index contributed by atoms with van der Waals surface area (Å²) in [5.74, 6) is -0.180. The molecule has 0 radical (unpaired) electrons. The maximum absolute atomic E-state index is 12.1. The highest BCUT2D eigenvalue weighted by molar-refractivity contribution is 6.04. The molecular weight excluding hydrogens is 276 g/mol. The van der Waals surface area contributed by atoms with Crippen molar-refractivity contribution in [3.8, 4) is 0 Å². The Morgan fingerprint density at radius 1 is 0.818 bits per heavy atom. The van der Waals surface area contributed by atoms with Crippen LogP contribution < -0.4 is 10.6 Å². The lowest BCUT2D eigenvalue weighted by Gasteiger charge is -2.08. The molecule has 22 heavy (non-hydrogen) atoms. The molecule has 2 rings (SSSR count). The minimum absolute atomic E-state index is 0.0344. The van der Waals surface area contributed by atoms with E-state index in [1.54, 1.807) is 31.2 Å². The van der Waals surface area contributed by atoms with Gasteiger partial charge < -0.3 is 10.6 Å². The summed E-state index contributed by atoms with van der Waals surface area (Å²) >= 11 is 0. The summed E-state index contributed by atoms with van der Waals surface area (Å²) in [6.45, 7) is 3.88. The summed E-state index contributed by atoms with van der Waals surface area (Å²) < 4.78 is 0. The number of anilines is 2. The van der Waals surface area contributed by atoms with Gasteiger partial charge in [0, 0.05) is 23.4 Å². The molecule has 2 N–H and O–H groups in total. The molecule has 0 spiro atoms. The topological polar surface area (TPSA) is 58.2 Å². The zero-order chi connectivity index (χ0) is 15.9. The van der Waals surface area contributed by atoms with Gasteiger partial charge in [0.1, 0.15) is 0 Å². The normalized spacial score (nSPS) is 10.1. The Morgan fingerprint density at radius 2 is 1.36 bits per heavy atom. The summed E-state index contributed by atoms with van der Waals surface area (Å²) in [5, 5.41) is 5.60. The van der Waals surface area contributed by atoms with Gasteiger partial charge in [0.2, 0.25) is 5.91 Å². The molecule has 0 atom stereocenters. The molecule has 0 unspecified atom stereocenters. The van der Waals surface area contributed by atoms with Crippen molar-refractivity contribution in [3.63, 3.8) is 0 Å². The minimum atomic E-state index is -0.145. The number of aryl methyl sites for hydroxylation is 1. The van der Waals surface area contributed by atoms with Crippen LogP contribution in [0.5, 0.6) is 0 Å². The molecular formula is C18H20N2O2. The maximum atomic E-state index is 12.1. The second-order valence-corrected chi connectivity index (χ2v) is 4.98. The lowest BCUT2D eigenvalue weighted by atomic mass is 10.1. The third-order valence-electron chi connectivity index (χ3n) is 3.37. The summed E-state index contributed by atoms with van der Waals surface area (Å²) in [7, 11) is 0. The number of benzene rings is 2. The molecule has 114 valence electrons. The summed E-state index contributed by atoms with van der Waals surface area (Å²) in [6.07, 6.45) is 1.39. The van der Waals surface area contributed by atoms with Crippen LogP contribution >= 0.6 is 0 Å². The molecule has 0 heterocycles. The minimum Gasteiger partial charge on any atom is -0.326 e. The molecule has 0 aliphatic heterocycles. The van der Waals surface area contributed by atoms with Gasteiger partial charge in [-0.2, -0.15) is 0 Å². The molecule has 2 amide bonds. The number of nitrogens with one attached hydrogen (secondary N) is 2. The van der Waals surface area contributed by atoms with Gasteiger partial charge in [0.25, 0.3) is 5.91 Å². The van der Waals surface area contributed by atoms with Crippen molar-refractivity contribution in [3.05, 3.63) is 59.7 Å². The summed E-state index contributed by atoms with van der Waals surface area (Å²) in [4.78, 5) is 23.4. The Hall–Kier alpha value is -2.62. The maximum Gasteiger partial charge on any atom is 0.255 e. The van der Waals surface area contributed by atoms with E-state index in [-0.39, 0.29) is 11.8 Å². The van der Waals surface area contributed by atoms with E-state index in [4.69, 9.17) is 0 Å². The highest BCUT2D eigenvalue weighted by Gasteiger charge is 2.06. The SMILES string of the molecule is CCC(=O)Nc1ccc(NC(=O)c2ccc(CC)cc2)cc1. The lowest BCUT2D eigenvalue weighted by molar-refractivity contribution is -0.115.